The first-order valence-electron chi connectivity index (χ1n) is 6.52. The highest BCUT2D eigenvalue weighted by Crippen LogP contribution is 2.41. The van der Waals surface area contributed by atoms with Crippen LogP contribution in [0.1, 0.15) is 15.8 Å². The summed E-state index contributed by atoms with van der Waals surface area (Å²) in [4.78, 5) is 1.11. The molecular weight excluding hydrogens is 323 g/mol. The quantitative estimate of drug-likeness (QED) is 0.363. The summed E-state index contributed by atoms with van der Waals surface area (Å²) in [6, 6.07) is 15.0. The molecule has 0 nitrogen and oxygen atoms in total. The summed E-state index contributed by atoms with van der Waals surface area (Å²) in [6.07, 6.45) is 0. The van der Waals surface area contributed by atoms with E-state index in [1.54, 1.807) is 34.8 Å². The molecule has 0 N–H and O–H groups in total. The van der Waals surface area contributed by atoms with Crippen LogP contribution in [0.5, 0.6) is 0 Å². The van der Waals surface area contributed by atoms with Crippen molar-refractivity contribution in [2.24, 2.45) is 0 Å². The summed E-state index contributed by atoms with van der Waals surface area (Å²) >= 11 is 10.1. The van der Waals surface area contributed by atoms with Crippen molar-refractivity contribution in [1.29, 1.82) is 0 Å². The van der Waals surface area contributed by atoms with Crippen LogP contribution < -0.4 is 0 Å². The molecule has 4 heteroatoms. The van der Waals surface area contributed by atoms with Crippen molar-refractivity contribution in [2.75, 3.05) is 0 Å². The molecule has 1 atom stereocenters. The van der Waals surface area contributed by atoms with E-state index in [2.05, 4.69) is 17.5 Å². The highest BCUT2D eigenvalue weighted by atomic mass is 35.5. The standard InChI is InChI=1S/C17H10ClFS2/c18-17(16-9-15-14(21-16)7-8-20-15)12-5-6-13(19)11-4-2-1-3-10(11)12/h1-9,17H. The third kappa shape index (κ3) is 2.16. The van der Waals surface area contributed by atoms with Crippen LogP contribution in [0.4, 0.5) is 4.39 Å². The Hall–Kier alpha value is -1.42. The van der Waals surface area contributed by atoms with Crippen LogP contribution >= 0.6 is 34.3 Å². The largest absolute Gasteiger partial charge is 0.206 e. The van der Waals surface area contributed by atoms with Crippen molar-refractivity contribution in [3.8, 4) is 0 Å². The van der Waals surface area contributed by atoms with Crippen molar-refractivity contribution < 1.29 is 4.39 Å². The van der Waals surface area contributed by atoms with Gasteiger partial charge in [-0.05, 0) is 34.5 Å². The smallest absolute Gasteiger partial charge is 0.131 e. The molecule has 0 amide bonds. The fraction of sp³-hybridized carbons (Fsp3) is 0.0588. The molecule has 0 bridgehead atoms. The molecular formula is C17H10ClFS2. The molecule has 0 aliphatic heterocycles. The fourth-order valence-corrected chi connectivity index (χ4v) is 5.07. The van der Waals surface area contributed by atoms with Crippen LogP contribution in [0.15, 0.2) is 53.9 Å². The van der Waals surface area contributed by atoms with Crippen molar-refractivity contribution in [3.63, 3.8) is 0 Å². The number of hydrogen-bond acceptors (Lipinski definition) is 2. The van der Waals surface area contributed by atoms with Gasteiger partial charge in [-0.25, -0.2) is 4.39 Å². The summed E-state index contributed by atoms with van der Waals surface area (Å²) in [6.45, 7) is 0. The van der Waals surface area contributed by atoms with Gasteiger partial charge in [-0.1, -0.05) is 30.3 Å². The second kappa shape index (κ2) is 5.09. The Kier molecular flexibility index (Phi) is 3.21. The highest BCUT2D eigenvalue weighted by Gasteiger charge is 2.18. The molecule has 0 aliphatic rings. The van der Waals surface area contributed by atoms with Gasteiger partial charge in [0.25, 0.3) is 0 Å². The van der Waals surface area contributed by atoms with E-state index in [-0.39, 0.29) is 11.2 Å². The monoisotopic (exact) mass is 332 g/mol. The summed E-state index contributed by atoms with van der Waals surface area (Å²) in [5.74, 6) is -0.203. The average molecular weight is 333 g/mol. The zero-order chi connectivity index (χ0) is 14.4. The number of benzene rings is 2. The van der Waals surface area contributed by atoms with E-state index in [9.17, 15) is 4.39 Å². The number of fused-ring (bicyclic) bond motifs is 2. The van der Waals surface area contributed by atoms with E-state index in [4.69, 9.17) is 11.6 Å². The predicted molar refractivity (Wildman–Crippen MR) is 91.3 cm³/mol. The first-order chi connectivity index (χ1) is 10.2. The van der Waals surface area contributed by atoms with Crippen molar-refractivity contribution in [1.82, 2.24) is 0 Å². The topological polar surface area (TPSA) is 0 Å². The zero-order valence-corrected chi connectivity index (χ0v) is 13.2. The minimum absolute atomic E-state index is 0.203. The van der Waals surface area contributed by atoms with Crippen molar-refractivity contribution in [3.05, 3.63) is 70.2 Å². The molecule has 2 aromatic heterocycles. The molecule has 4 aromatic rings. The number of rotatable bonds is 2. The van der Waals surface area contributed by atoms with Crippen molar-refractivity contribution >= 4 is 54.4 Å². The van der Waals surface area contributed by atoms with E-state index in [0.29, 0.717) is 5.39 Å². The van der Waals surface area contributed by atoms with Crippen LogP contribution in [0, 0.1) is 5.82 Å². The second-order valence-corrected chi connectivity index (χ2v) is 7.34. The molecule has 4 rings (SSSR count). The molecule has 0 fully saturated rings. The second-order valence-electron chi connectivity index (χ2n) is 4.84. The number of hydrogen-bond donors (Lipinski definition) is 0. The molecule has 104 valence electrons. The van der Waals surface area contributed by atoms with E-state index >= 15 is 0 Å². The molecule has 2 heterocycles. The lowest BCUT2D eigenvalue weighted by atomic mass is 10.0. The summed E-state index contributed by atoms with van der Waals surface area (Å²) < 4.78 is 16.4. The fourth-order valence-electron chi connectivity index (χ4n) is 2.57. The van der Waals surface area contributed by atoms with Gasteiger partial charge in [-0.2, -0.15) is 0 Å². The minimum atomic E-state index is -0.250. The molecule has 0 aliphatic carbocycles. The number of alkyl halides is 1. The van der Waals surface area contributed by atoms with Crippen molar-refractivity contribution in [2.45, 2.75) is 5.38 Å². The van der Waals surface area contributed by atoms with E-state index in [1.165, 1.54) is 15.5 Å². The summed E-state index contributed by atoms with van der Waals surface area (Å²) in [7, 11) is 0. The van der Waals surface area contributed by atoms with Gasteiger partial charge in [0.05, 0.1) is 5.38 Å². The summed E-state index contributed by atoms with van der Waals surface area (Å²) in [5.41, 5.74) is 0.961. The van der Waals surface area contributed by atoms with Gasteiger partial charge in [0.2, 0.25) is 0 Å². The van der Waals surface area contributed by atoms with Gasteiger partial charge in [-0.3, -0.25) is 0 Å². The molecule has 1 unspecified atom stereocenters. The third-order valence-corrected chi connectivity index (χ3v) is 6.34. The maximum absolute atomic E-state index is 13.9. The predicted octanol–water partition coefficient (Wildman–Crippen LogP) is 6.58. The lowest BCUT2D eigenvalue weighted by molar-refractivity contribution is 0.639. The van der Waals surface area contributed by atoms with Gasteiger partial charge in [-0.15, -0.1) is 34.3 Å². The Morgan fingerprint density at radius 3 is 2.57 bits per heavy atom. The molecule has 0 saturated heterocycles. The maximum Gasteiger partial charge on any atom is 0.131 e. The van der Waals surface area contributed by atoms with E-state index in [1.807, 2.05) is 18.2 Å². The Morgan fingerprint density at radius 1 is 0.952 bits per heavy atom. The lowest BCUT2D eigenvalue weighted by Gasteiger charge is -2.12. The van der Waals surface area contributed by atoms with Crippen LogP contribution in [0.25, 0.3) is 20.2 Å². The van der Waals surface area contributed by atoms with Crippen LogP contribution in [0.3, 0.4) is 0 Å². The first-order valence-corrected chi connectivity index (χ1v) is 8.65. The Labute approximate surface area is 134 Å². The molecule has 2 aromatic carbocycles. The van der Waals surface area contributed by atoms with E-state index < -0.39 is 0 Å². The summed E-state index contributed by atoms with van der Waals surface area (Å²) in [5, 5.41) is 3.34. The average Bonchev–Trinajstić information content (AvgIpc) is 3.08. The van der Waals surface area contributed by atoms with Gasteiger partial charge in [0.1, 0.15) is 5.82 Å². The highest BCUT2D eigenvalue weighted by molar-refractivity contribution is 7.27. The first kappa shape index (κ1) is 13.3. The van der Waals surface area contributed by atoms with Crippen LogP contribution in [-0.2, 0) is 0 Å². The minimum Gasteiger partial charge on any atom is -0.206 e. The normalized spacial score (nSPS) is 13.0. The molecule has 21 heavy (non-hydrogen) atoms. The molecule has 0 spiro atoms. The maximum atomic E-state index is 13.9. The number of halogens is 2. The Bertz CT molecular complexity index is 910. The Balaban J connectivity index is 1.89. The van der Waals surface area contributed by atoms with Crippen LogP contribution in [-0.4, -0.2) is 0 Å². The third-order valence-electron chi connectivity index (χ3n) is 3.59. The van der Waals surface area contributed by atoms with Gasteiger partial charge >= 0.3 is 0 Å². The SMILES string of the molecule is Fc1ccc(C(Cl)c2cc3sccc3s2)c2ccccc12. The van der Waals surface area contributed by atoms with Gasteiger partial charge in [0, 0.05) is 19.7 Å². The molecule has 0 saturated carbocycles. The Morgan fingerprint density at radius 2 is 1.76 bits per heavy atom. The zero-order valence-electron chi connectivity index (χ0n) is 10.8. The van der Waals surface area contributed by atoms with E-state index in [0.717, 1.165) is 15.8 Å². The van der Waals surface area contributed by atoms with Crippen LogP contribution in [0.2, 0.25) is 0 Å². The number of thiophene rings is 2. The van der Waals surface area contributed by atoms with Gasteiger partial charge < -0.3 is 0 Å². The lowest BCUT2D eigenvalue weighted by Crippen LogP contribution is -1.93. The van der Waals surface area contributed by atoms with Gasteiger partial charge in [0.15, 0.2) is 0 Å². The molecule has 0 radical (unpaired) electrons.